The first-order valence-corrected chi connectivity index (χ1v) is 7.58. The van der Waals surface area contributed by atoms with Crippen molar-refractivity contribution in [2.45, 2.75) is 31.0 Å². The molecule has 1 aromatic carbocycles. The lowest BCUT2D eigenvalue weighted by Gasteiger charge is -2.43. The second-order valence-corrected chi connectivity index (χ2v) is 5.86. The Bertz CT molecular complexity index is 545. The van der Waals surface area contributed by atoms with E-state index in [0.29, 0.717) is 26.1 Å². The third-order valence-corrected chi connectivity index (χ3v) is 4.41. The second-order valence-electron chi connectivity index (χ2n) is 5.86. The number of hydrogen-bond acceptors (Lipinski definition) is 4. The minimum Gasteiger partial charge on any atom is -0.481 e. The number of carbonyl (C=O) groups is 1. The van der Waals surface area contributed by atoms with Gasteiger partial charge in [-0.25, -0.2) is 4.39 Å². The average Bonchev–Trinajstić information content (AvgIpc) is 2.98. The predicted octanol–water partition coefficient (Wildman–Crippen LogP) is 1.35. The Morgan fingerprint density at radius 3 is 3.05 bits per heavy atom. The lowest BCUT2D eigenvalue weighted by Crippen LogP contribution is -2.58. The molecule has 120 valence electrons. The molecule has 2 aliphatic rings. The van der Waals surface area contributed by atoms with E-state index in [2.05, 4.69) is 0 Å². The van der Waals surface area contributed by atoms with Gasteiger partial charge in [0.2, 0.25) is 0 Å². The summed E-state index contributed by atoms with van der Waals surface area (Å²) < 4.78 is 24.4. The van der Waals surface area contributed by atoms with Gasteiger partial charge in [-0.3, -0.25) is 4.79 Å². The minimum atomic E-state index is -0.633. The molecule has 0 unspecified atom stereocenters. The van der Waals surface area contributed by atoms with Crippen molar-refractivity contribution >= 4 is 5.91 Å². The van der Waals surface area contributed by atoms with Crippen LogP contribution < -0.4 is 4.74 Å². The summed E-state index contributed by atoms with van der Waals surface area (Å²) in [5.74, 6) is -0.635. The molecule has 0 aromatic heterocycles. The fourth-order valence-corrected chi connectivity index (χ4v) is 3.16. The van der Waals surface area contributed by atoms with Gasteiger partial charge in [-0.2, -0.15) is 0 Å². The van der Waals surface area contributed by atoms with Crippen molar-refractivity contribution in [3.63, 3.8) is 0 Å². The van der Waals surface area contributed by atoms with E-state index >= 15 is 0 Å². The normalized spacial score (nSPS) is 28.1. The largest absolute Gasteiger partial charge is 0.481 e. The molecule has 6 heteroatoms. The monoisotopic (exact) mass is 309 g/mol. The van der Waals surface area contributed by atoms with Crippen molar-refractivity contribution in [2.75, 3.05) is 26.3 Å². The molecule has 0 radical (unpaired) electrons. The molecule has 2 heterocycles. The summed E-state index contributed by atoms with van der Waals surface area (Å²) in [7, 11) is 0. The molecule has 1 amide bonds. The van der Waals surface area contributed by atoms with Gasteiger partial charge < -0.3 is 19.5 Å². The molecule has 0 saturated carbocycles. The van der Waals surface area contributed by atoms with E-state index in [1.54, 1.807) is 17.0 Å². The zero-order chi connectivity index (χ0) is 15.6. The lowest BCUT2D eigenvalue weighted by atomic mass is 9.87. The number of hydrogen-bond donors (Lipinski definition) is 1. The third-order valence-electron chi connectivity index (χ3n) is 4.41. The van der Waals surface area contributed by atoms with Gasteiger partial charge in [0, 0.05) is 13.2 Å². The van der Waals surface area contributed by atoms with Crippen LogP contribution in [0.25, 0.3) is 0 Å². The molecule has 0 bridgehead atoms. The van der Waals surface area contributed by atoms with Crippen LogP contribution in [0.2, 0.25) is 0 Å². The number of aliphatic hydroxyl groups excluding tert-OH is 1. The third kappa shape index (κ3) is 2.94. The summed E-state index contributed by atoms with van der Waals surface area (Å²) in [6, 6.07) is 6.00. The highest BCUT2D eigenvalue weighted by molar-refractivity contribution is 5.78. The van der Waals surface area contributed by atoms with Crippen LogP contribution in [0, 0.1) is 5.82 Å². The topological polar surface area (TPSA) is 59.0 Å². The van der Waals surface area contributed by atoms with Crippen LogP contribution in [0.5, 0.6) is 5.75 Å². The zero-order valence-electron chi connectivity index (χ0n) is 12.3. The molecule has 0 aliphatic carbocycles. The molecule has 1 N–H and O–H groups in total. The molecule has 2 saturated heterocycles. The maximum absolute atomic E-state index is 13.5. The number of para-hydroxylation sites is 1. The van der Waals surface area contributed by atoms with Crippen molar-refractivity contribution in [3.05, 3.63) is 30.1 Å². The molecule has 3 rings (SSSR count). The average molecular weight is 309 g/mol. The van der Waals surface area contributed by atoms with Crippen LogP contribution in [0.15, 0.2) is 24.3 Å². The standard InChI is InChI=1S/C16H20FNO4/c17-12-4-1-2-5-13(12)21-10-15(20)18-8-6-14(19)16(11-18)7-3-9-22-16/h1-2,4-5,14,19H,3,6-11H2/t14-,16-/m0/s1. The van der Waals surface area contributed by atoms with Crippen LogP contribution in [0.1, 0.15) is 19.3 Å². The maximum Gasteiger partial charge on any atom is 0.260 e. The Morgan fingerprint density at radius 2 is 2.32 bits per heavy atom. The van der Waals surface area contributed by atoms with Crippen molar-refractivity contribution < 1.29 is 23.8 Å². The van der Waals surface area contributed by atoms with Crippen LogP contribution >= 0.6 is 0 Å². The van der Waals surface area contributed by atoms with E-state index in [1.165, 1.54) is 12.1 Å². The predicted molar refractivity (Wildman–Crippen MR) is 77.0 cm³/mol. The quantitative estimate of drug-likeness (QED) is 0.915. The first-order valence-electron chi connectivity index (χ1n) is 7.58. The number of likely N-dealkylation sites (tertiary alicyclic amines) is 1. The maximum atomic E-state index is 13.5. The Labute approximate surface area is 128 Å². The molecule has 2 aliphatic heterocycles. The van der Waals surface area contributed by atoms with E-state index < -0.39 is 17.5 Å². The van der Waals surface area contributed by atoms with Crippen LogP contribution in [0.4, 0.5) is 4.39 Å². The van der Waals surface area contributed by atoms with Crippen LogP contribution in [-0.4, -0.2) is 53.9 Å². The number of ether oxygens (including phenoxy) is 2. The van der Waals surface area contributed by atoms with Crippen LogP contribution in [0.3, 0.4) is 0 Å². The highest BCUT2D eigenvalue weighted by Gasteiger charge is 2.47. The van der Waals surface area contributed by atoms with Gasteiger partial charge >= 0.3 is 0 Å². The number of halogens is 1. The minimum absolute atomic E-state index is 0.0692. The molecule has 1 spiro atoms. The van der Waals surface area contributed by atoms with Crippen molar-refractivity contribution in [1.29, 1.82) is 0 Å². The Hall–Kier alpha value is -1.66. The summed E-state index contributed by atoms with van der Waals surface area (Å²) in [6.45, 7) is 1.23. The Kier molecular flexibility index (Phi) is 4.31. The van der Waals surface area contributed by atoms with Gasteiger partial charge in [0.15, 0.2) is 18.2 Å². The van der Waals surface area contributed by atoms with E-state index in [0.717, 1.165) is 12.8 Å². The summed E-state index contributed by atoms with van der Waals surface area (Å²) in [6.07, 6.45) is 1.61. The number of benzene rings is 1. The van der Waals surface area contributed by atoms with Gasteiger partial charge in [0.1, 0.15) is 5.60 Å². The first kappa shape index (κ1) is 15.2. The van der Waals surface area contributed by atoms with Gasteiger partial charge in [-0.15, -0.1) is 0 Å². The van der Waals surface area contributed by atoms with E-state index in [-0.39, 0.29) is 18.3 Å². The number of rotatable bonds is 3. The van der Waals surface area contributed by atoms with Gasteiger partial charge in [0.25, 0.3) is 5.91 Å². The van der Waals surface area contributed by atoms with Crippen LogP contribution in [-0.2, 0) is 9.53 Å². The fourth-order valence-electron chi connectivity index (χ4n) is 3.16. The second kappa shape index (κ2) is 6.22. The van der Waals surface area contributed by atoms with E-state index in [9.17, 15) is 14.3 Å². The Balaban J connectivity index is 1.59. The van der Waals surface area contributed by atoms with Gasteiger partial charge in [-0.05, 0) is 31.4 Å². The number of nitrogens with zero attached hydrogens (tertiary/aromatic N) is 1. The highest BCUT2D eigenvalue weighted by Crippen LogP contribution is 2.34. The van der Waals surface area contributed by atoms with Crippen molar-refractivity contribution in [1.82, 2.24) is 4.90 Å². The summed E-state index contributed by atoms with van der Waals surface area (Å²) in [4.78, 5) is 13.9. The van der Waals surface area contributed by atoms with Gasteiger partial charge in [0.05, 0.1) is 12.6 Å². The summed E-state index contributed by atoms with van der Waals surface area (Å²) >= 11 is 0. The zero-order valence-corrected chi connectivity index (χ0v) is 12.3. The molecule has 2 fully saturated rings. The highest BCUT2D eigenvalue weighted by atomic mass is 19.1. The smallest absolute Gasteiger partial charge is 0.260 e. The Morgan fingerprint density at radius 1 is 1.50 bits per heavy atom. The molecule has 1 aromatic rings. The summed E-state index contributed by atoms with van der Waals surface area (Å²) in [5, 5.41) is 10.2. The first-order chi connectivity index (χ1) is 10.6. The van der Waals surface area contributed by atoms with Crippen molar-refractivity contribution in [2.24, 2.45) is 0 Å². The number of aliphatic hydroxyl groups is 1. The molecule has 22 heavy (non-hydrogen) atoms. The SMILES string of the molecule is O=C(COc1ccccc1F)N1CC[C@H](O)[C@]2(CCCO2)C1. The van der Waals surface area contributed by atoms with E-state index in [4.69, 9.17) is 9.47 Å². The number of carbonyl (C=O) groups excluding carboxylic acids is 1. The molecular formula is C16H20FNO4. The van der Waals surface area contributed by atoms with Crippen molar-refractivity contribution in [3.8, 4) is 5.75 Å². The number of piperidine rings is 1. The molecular weight excluding hydrogens is 289 g/mol. The molecule has 5 nitrogen and oxygen atoms in total. The summed E-state index contributed by atoms with van der Waals surface area (Å²) in [5.41, 5.74) is -0.633. The fraction of sp³-hybridized carbons (Fsp3) is 0.562. The molecule has 2 atom stereocenters. The lowest BCUT2D eigenvalue weighted by molar-refractivity contribution is -0.156. The number of amides is 1. The van der Waals surface area contributed by atoms with E-state index in [1.807, 2.05) is 0 Å². The van der Waals surface area contributed by atoms with Gasteiger partial charge in [-0.1, -0.05) is 12.1 Å².